The van der Waals surface area contributed by atoms with Crippen LogP contribution < -0.4 is 10.1 Å². The zero-order chi connectivity index (χ0) is 19.5. The molecule has 1 saturated carbocycles. The van der Waals surface area contributed by atoms with Crippen molar-refractivity contribution >= 4 is 23.4 Å². The zero-order valence-electron chi connectivity index (χ0n) is 15.3. The predicted molar refractivity (Wildman–Crippen MR) is 102 cm³/mol. The quantitative estimate of drug-likeness (QED) is 0.807. The lowest BCUT2D eigenvalue weighted by molar-refractivity contribution is -0.142. The molecule has 1 aromatic heterocycles. The van der Waals surface area contributed by atoms with E-state index in [9.17, 15) is 14.4 Å². The first kappa shape index (κ1) is 18.2. The van der Waals surface area contributed by atoms with E-state index in [0.29, 0.717) is 11.4 Å². The van der Waals surface area contributed by atoms with Crippen LogP contribution in [0.1, 0.15) is 25.7 Å². The summed E-state index contributed by atoms with van der Waals surface area (Å²) >= 11 is 0. The summed E-state index contributed by atoms with van der Waals surface area (Å²) in [4.78, 5) is 42.9. The van der Waals surface area contributed by atoms with E-state index in [1.807, 2.05) is 18.2 Å². The standard InChI is InChI=1S/C21H21N3O4/c25-18(13-24-20(26)15-9-4-5-10-16(15)21(24)27)23-17-11-6-12-22-19(17)28-14-7-2-1-3-8-14/h1-3,6-8,11-12,15-16H,4-5,9-10,13H2,(H,23,25)/t15-,16+. The number of pyridine rings is 1. The fourth-order valence-corrected chi connectivity index (χ4v) is 3.89. The summed E-state index contributed by atoms with van der Waals surface area (Å²) in [6.45, 7) is -0.287. The normalized spacial score (nSPS) is 21.4. The number of imide groups is 1. The second-order valence-corrected chi connectivity index (χ2v) is 7.08. The highest BCUT2D eigenvalue weighted by molar-refractivity contribution is 6.08. The second kappa shape index (κ2) is 7.80. The molecule has 7 heteroatoms. The van der Waals surface area contributed by atoms with E-state index in [0.717, 1.165) is 30.6 Å². The van der Waals surface area contributed by atoms with Gasteiger partial charge in [-0.1, -0.05) is 31.0 Å². The number of hydrogen-bond acceptors (Lipinski definition) is 5. The summed E-state index contributed by atoms with van der Waals surface area (Å²) in [7, 11) is 0. The Balaban J connectivity index is 1.44. The van der Waals surface area contributed by atoms with Crippen LogP contribution in [0, 0.1) is 11.8 Å². The van der Waals surface area contributed by atoms with Crippen molar-refractivity contribution in [2.75, 3.05) is 11.9 Å². The largest absolute Gasteiger partial charge is 0.437 e. The van der Waals surface area contributed by atoms with E-state index < -0.39 is 5.91 Å². The maximum Gasteiger partial charge on any atom is 0.244 e. The van der Waals surface area contributed by atoms with E-state index in [1.165, 1.54) is 0 Å². The number of nitrogens with one attached hydrogen (secondary N) is 1. The van der Waals surface area contributed by atoms with Crippen molar-refractivity contribution in [2.24, 2.45) is 11.8 Å². The van der Waals surface area contributed by atoms with Gasteiger partial charge in [0.25, 0.3) is 0 Å². The molecule has 2 heterocycles. The fourth-order valence-electron chi connectivity index (χ4n) is 3.89. The van der Waals surface area contributed by atoms with Crippen molar-refractivity contribution in [3.63, 3.8) is 0 Å². The Labute approximate surface area is 162 Å². The van der Waals surface area contributed by atoms with Crippen LogP contribution in [0.15, 0.2) is 48.7 Å². The van der Waals surface area contributed by atoms with Gasteiger partial charge in [-0.05, 0) is 37.1 Å². The van der Waals surface area contributed by atoms with Crippen LogP contribution in [0.25, 0.3) is 0 Å². The number of ether oxygens (including phenoxy) is 1. The average Bonchev–Trinajstić information content (AvgIpc) is 2.95. The lowest BCUT2D eigenvalue weighted by atomic mass is 9.81. The number of para-hydroxylation sites is 1. The van der Waals surface area contributed by atoms with Crippen molar-refractivity contribution in [3.05, 3.63) is 48.7 Å². The van der Waals surface area contributed by atoms with Crippen LogP contribution in [0.5, 0.6) is 11.6 Å². The van der Waals surface area contributed by atoms with Crippen LogP contribution in [-0.4, -0.2) is 34.2 Å². The third-order valence-corrected chi connectivity index (χ3v) is 5.24. The number of hydrogen-bond donors (Lipinski definition) is 1. The molecule has 3 amide bonds. The van der Waals surface area contributed by atoms with Crippen molar-refractivity contribution < 1.29 is 19.1 Å². The van der Waals surface area contributed by atoms with Gasteiger partial charge in [0, 0.05) is 6.20 Å². The van der Waals surface area contributed by atoms with Crippen LogP contribution in [-0.2, 0) is 14.4 Å². The molecular formula is C21H21N3O4. The number of benzene rings is 1. The number of nitrogens with zero attached hydrogens (tertiary/aromatic N) is 2. The average molecular weight is 379 g/mol. The minimum atomic E-state index is -0.453. The van der Waals surface area contributed by atoms with Crippen molar-refractivity contribution in [2.45, 2.75) is 25.7 Å². The van der Waals surface area contributed by atoms with Crippen LogP contribution in [0.3, 0.4) is 0 Å². The highest BCUT2D eigenvalue weighted by Gasteiger charge is 2.48. The molecule has 1 aromatic carbocycles. The molecule has 1 aliphatic carbocycles. The Morgan fingerprint density at radius 2 is 1.71 bits per heavy atom. The van der Waals surface area contributed by atoms with Crippen molar-refractivity contribution in [1.29, 1.82) is 0 Å². The Morgan fingerprint density at radius 1 is 1.04 bits per heavy atom. The summed E-state index contributed by atoms with van der Waals surface area (Å²) in [6, 6.07) is 12.4. The SMILES string of the molecule is O=C(CN1C(=O)[C@H]2CCCC[C@H]2C1=O)Nc1cccnc1Oc1ccccc1. The van der Waals surface area contributed by atoms with Gasteiger partial charge >= 0.3 is 0 Å². The summed E-state index contributed by atoms with van der Waals surface area (Å²) in [5.41, 5.74) is 0.382. The maximum atomic E-state index is 12.5. The fraction of sp³-hybridized carbons (Fsp3) is 0.333. The van der Waals surface area contributed by atoms with Gasteiger partial charge in [0.15, 0.2) is 0 Å². The predicted octanol–water partition coefficient (Wildman–Crippen LogP) is 2.99. The molecule has 28 heavy (non-hydrogen) atoms. The van der Waals surface area contributed by atoms with E-state index in [4.69, 9.17) is 4.74 Å². The number of rotatable bonds is 5. The van der Waals surface area contributed by atoms with E-state index in [2.05, 4.69) is 10.3 Å². The first-order valence-electron chi connectivity index (χ1n) is 9.46. The molecule has 1 N–H and O–H groups in total. The molecule has 1 saturated heterocycles. The monoisotopic (exact) mass is 379 g/mol. The molecule has 0 spiro atoms. The lowest BCUT2D eigenvalue weighted by Crippen LogP contribution is -2.38. The molecule has 0 bridgehead atoms. The molecule has 0 unspecified atom stereocenters. The molecule has 7 nitrogen and oxygen atoms in total. The van der Waals surface area contributed by atoms with Gasteiger partial charge in [-0.3, -0.25) is 19.3 Å². The van der Waals surface area contributed by atoms with Gasteiger partial charge in [-0.2, -0.15) is 0 Å². The molecule has 0 radical (unpaired) electrons. The molecule has 2 fully saturated rings. The maximum absolute atomic E-state index is 12.5. The molecule has 2 aromatic rings. The number of aromatic nitrogens is 1. The third-order valence-electron chi connectivity index (χ3n) is 5.24. The molecular weight excluding hydrogens is 358 g/mol. The topological polar surface area (TPSA) is 88.6 Å². The van der Waals surface area contributed by atoms with Crippen molar-refractivity contribution in [3.8, 4) is 11.6 Å². The van der Waals surface area contributed by atoms with Gasteiger partial charge in [-0.25, -0.2) is 4.98 Å². The van der Waals surface area contributed by atoms with E-state index in [-0.39, 0.29) is 36.1 Å². The summed E-state index contributed by atoms with van der Waals surface area (Å²) < 4.78 is 5.73. The molecule has 1 aliphatic heterocycles. The minimum absolute atomic E-state index is 0.225. The Bertz CT molecular complexity index is 876. The van der Waals surface area contributed by atoms with Gasteiger partial charge in [0.2, 0.25) is 23.6 Å². The van der Waals surface area contributed by atoms with Crippen LogP contribution in [0.4, 0.5) is 5.69 Å². The number of amides is 3. The van der Waals surface area contributed by atoms with Crippen molar-refractivity contribution in [1.82, 2.24) is 9.88 Å². The summed E-state index contributed by atoms with van der Waals surface area (Å²) in [6.07, 6.45) is 4.92. The third kappa shape index (κ3) is 3.60. The Morgan fingerprint density at radius 3 is 2.39 bits per heavy atom. The minimum Gasteiger partial charge on any atom is -0.437 e. The molecule has 144 valence electrons. The zero-order valence-corrected chi connectivity index (χ0v) is 15.3. The first-order valence-corrected chi connectivity index (χ1v) is 9.46. The Hall–Kier alpha value is -3.22. The highest BCUT2D eigenvalue weighted by Crippen LogP contribution is 2.38. The summed E-state index contributed by atoms with van der Waals surface area (Å²) in [5, 5.41) is 2.71. The first-order chi connectivity index (χ1) is 13.6. The lowest BCUT2D eigenvalue weighted by Gasteiger charge is -2.19. The number of likely N-dealkylation sites (tertiary alicyclic amines) is 1. The highest BCUT2D eigenvalue weighted by atomic mass is 16.5. The Kier molecular flexibility index (Phi) is 5.06. The molecule has 2 atom stereocenters. The number of carbonyl (C=O) groups excluding carboxylic acids is 3. The van der Waals surface area contributed by atoms with E-state index >= 15 is 0 Å². The van der Waals surface area contributed by atoms with Gasteiger partial charge < -0.3 is 10.1 Å². The van der Waals surface area contributed by atoms with Crippen LogP contribution >= 0.6 is 0 Å². The second-order valence-electron chi connectivity index (χ2n) is 7.08. The number of fused-ring (bicyclic) bond motifs is 1. The number of anilines is 1. The smallest absolute Gasteiger partial charge is 0.244 e. The van der Waals surface area contributed by atoms with Gasteiger partial charge in [0.05, 0.1) is 11.8 Å². The molecule has 2 aliphatic rings. The van der Waals surface area contributed by atoms with E-state index in [1.54, 1.807) is 30.5 Å². The van der Waals surface area contributed by atoms with Gasteiger partial charge in [0.1, 0.15) is 18.0 Å². The van der Waals surface area contributed by atoms with Gasteiger partial charge in [-0.15, -0.1) is 0 Å². The van der Waals surface area contributed by atoms with Crippen LogP contribution in [0.2, 0.25) is 0 Å². The molecule has 4 rings (SSSR count). The number of carbonyl (C=O) groups is 3. The summed E-state index contributed by atoms with van der Waals surface area (Å²) in [5.74, 6) is -0.589.